The molecule has 1 saturated heterocycles. The molecule has 0 radical (unpaired) electrons. The summed E-state index contributed by atoms with van der Waals surface area (Å²) in [5.41, 5.74) is 5.76. The van der Waals surface area contributed by atoms with E-state index < -0.39 is 0 Å². The van der Waals surface area contributed by atoms with Gasteiger partial charge in [0.05, 0.1) is 19.3 Å². The van der Waals surface area contributed by atoms with Gasteiger partial charge in [-0.3, -0.25) is 9.69 Å². The molecule has 18 heavy (non-hydrogen) atoms. The molecule has 0 bridgehead atoms. The van der Waals surface area contributed by atoms with E-state index in [-0.39, 0.29) is 30.4 Å². The largest absolute Gasteiger partial charge is 0.379 e. The first-order chi connectivity index (χ1) is 8.13. The molecule has 6 heteroatoms. The fraction of sp³-hybridized carbons (Fsp3) is 0.917. The topological polar surface area (TPSA) is 67.6 Å². The van der Waals surface area contributed by atoms with Gasteiger partial charge in [0.25, 0.3) is 0 Å². The summed E-state index contributed by atoms with van der Waals surface area (Å²) in [4.78, 5) is 14.0. The highest BCUT2D eigenvalue weighted by Crippen LogP contribution is 1.99. The van der Waals surface area contributed by atoms with Crippen molar-refractivity contribution in [3.05, 3.63) is 0 Å². The number of amides is 1. The maximum atomic E-state index is 11.7. The van der Waals surface area contributed by atoms with Crippen LogP contribution in [0.3, 0.4) is 0 Å². The molecular formula is C12H26ClN3O2. The third kappa shape index (κ3) is 6.54. The molecule has 2 atom stereocenters. The minimum absolute atomic E-state index is 0. The Bertz CT molecular complexity index is 235. The van der Waals surface area contributed by atoms with Gasteiger partial charge in [-0.2, -0.15) is 0 Å². The molecule has 0 aliphatic carbocycles. The van der Waals surface area contributed by atoms with E-state index in [2.05, 4.69) is 10.2 Å². The fourth-order valence-electron chi connectivity index (χ4n) is 2.01. The molecular weight excluding hydrogens is 254 g/mol. The maximum absolute atomic E-state index is 11.7. The van der Waals surface area contributed by atoms with E-state index in [0.717, 1.165) is 45.7 Å². The number of carbonyl (C=O) groups excluding carboxylic acids is 1. The third-order valence-corrected chi connectivity index (χ3v) is 2.96. The smallest absolute Gasteiger partial charge is 0.237 e. The van der Waals surface area contributed by atoms with Crippen LogP contribution < -0.4 is 11.1 Å². The lowest BCUT2D eigenvalue weighted by molar-refractivity contribution is -0.123. The number of carbonyl (C=O) groups is 1. The first-order valence-corrected chi connectivity index (χ1v) is 6.49. The van der Waals surface area contributed by atoms with Crippen LogP contribution in [-0.4, -0.2) is 55.7 Å². The number of morpholine rings is 1. The van der Waals surface area contributed by atoms with Gasteiger partial charge in [0, 0.05) is 25.7 Å². The lowest BCUT2D eigenvalue weighted by Gasteiger charge is -2.29. The molecule has 1 aliphatic heterocycles. The molecule has 3 N–H and O–H groups in total. The van der Waals surface area contributed by atoms with Crippen molar-refractivity contribution >= 4 is 18.3 Å². The normalized spacial score (nSPS) is 19.7. The molecule has 5 nitrogen and oxygen atoms in total. The Kier molecular flexibility index (Phi) is 9.36. The van der Waals surface area contributed by atoms with E-state index in [1.54, 1.807) is 0 Å². The standard InChI is InChI=1S/C12H25N3O2.ClH/c1-3-4-11(13)12(16)14-10(2)9-15-5-7-17-8-6-15;/h10-11H,3-9,13H2,1-2H3,(H,14,16);1H. The third-order valence-electron chi connectivity index (χ3n) is 2.96. The quantitative estimate of drug-likeness (QED) is 0.737. The van der Waals surface area contributed by atoms with Crippen LogP contribution in [0.15, 0.2) is 0 Å². The molecule has 0 aromatic carbocycles. The van der Waals surface area contributed by atoms with Crippen LogP contribution in [0.4, 0.5) is 0 Å². The van der Waals surface area contributed by atoms with Gasteiger partial charge in [-0.05, 0) is 13.3 Å². The summed E-state index contributed by atoms with van der Waals surface area (Å²) in [5.74, 6) is -0.0346. The number of nitrogens with two attached hydrogens (primary N) is 1. The van der Waals surface area contributed by atoms with Crippen molar-refractivity contribution in [3.8, 4) is 0 Å². The van der Waals surface area contributed by atoms with E-state index in [1.165, 1.54) is 0 Å². The summed E-state index contributed by atoms with van der Waals surface area (Å²) in [5, 5.41) is 2.97. The zero-order chi connectivity index (χ0) is 12.7. The molecule has 2 unspecified atom stereocenters. The number of halogens is 1. The molecule has 0 saturated carbocycles. The van der Waals surface area contributed by atoms with Crippen molar-refractivity contribution in [2.75, 3.05) is 32.8 Å². The minimum Gasteiger partial charge on any atom is -0.379 e. The summed E-state index contributed by atoms with van der Waals surface area (Å²) >= 11 is 0. The van der Waals surface area contributed by atoms with Crippen molar-refractivity contribution in [1.29, 1.82) is 0 Å². The average molecular weight is 280 g/mol. The summed E-state index contributed by atoms with van der Waals surface area (Å²) in [6.45, 7) is 8.39. The Morgan fingerprint density at radius 1 is 1.44 bits per heavy atom. The van der Waals surface area contributed by atoms with Gasteiger partial charge in [0.1, 0.15) is 0 Å². The van der Waals surface area contributed by atoms with E-state index in [9.17, 15) is 4.79 Å². The predicted molar refractivity (Wildman–Crippen MR) is 75.0 cm³/mol. The Morgan fingerprint density at radius 3 is 2.61 bits per heavy atom. The van der Waals surface area contributed by atoms with Crippen molar-refractivity contribution in [2.24, 2.45) is 5.73 Å². The summed E-state index contributed by atoms with van der Waals surface area (Å²) in [6.07, 6.45) is 1.68. The van der Waals surface area contributed by atoms with E-state index in [1.807, 2.05) is 13.8 Å². The molecule has 1 rings (SSSR count). The monoisotopic (exact) mass is 279 g/mol. The van der Waals surface area contributed by atoms with Gasteiger partial charge in [-0.15, -0.1) is 12.4 Å². The molecule has 108 valence electrons. The van der Waals surface area contributed by atoms with Crippen LogP contribution in [-0.2, 0) is 9.53 Å². The molecule has 0 aromatic heterocycles. The van der Waals surface area contributed by atoms with Gasteiger partial charge in [0.15, 0.2) is 0 Å². The van der Waals surface area contributed by atoms with Gasteiger partial charge < -0.3 is 15.8 Å². The Hall–Kier alpha value is -0.360. The summed E-state index contributed by atoms with van der Waals surface area (Å²) in [7, 11) is 0. The minimum atomic E-state index is -0.368. The summed E-state index contributed by atoms with van der Waals surface area (Å²) < 4.78 is 5.28. The second-order valence-corrected chi connectivity index (χ2v) is 4.72. The van der Waals surface area contributed by atoms with Crippen LogP contribution in [0.25, 0.3) is 0 Å². The molecule has 1 aliphatic rings. The van der Waals surface area contributed by atoms with Crippen LogP contribution in [0.2, 0.25) is 0 Å². The molecule has 0 aromatic rings. The number of hydrogen-bond acceptors (Lipinski definition) is 4. The molecule has 1 fully saturated rings. The van der Waals surface area contributed by atoms with Crippen molar-refractivity contribution in [1.82, 2.24) is 10.2 Å². The van der Waals surface area contributed by atoms with Crippen LogP contribution in [0.5, 0.6) is 0 Å². The molecule has 1 heterocycles. The van der Waals surface area contributed by atoms with E-state index in [4.69, 9.17) is 10.5 Å². The first kappa shape index (κ1) is 17.6. The SMILES string of the molecule is CCCC(N)C(=O)NC(C)CN1CCOCC1.Cl. The van der Waals surface area contributed by atoms with E-state index >= 15 is 0 Å². The van der Waals surface area contributed by atoms with Gasteiger partial charge in [-0.25, -0.2) is 0 Å². The van der Waals surface area contributed by atoms with Gasteiger partial charge in [-0.1, -0.05) is 13.3 Å². The number of nitrogens with zero attached hydrogens (tertiary/aromatic N) is 1. The zero-order valence-electron chi connectivity index (χ0n) is 11.4. The highest BCUT2D eigenvalue weighted by Gasteiger charge is 2.17. The van der Waals surface area contributed by atoms with Crippen LogP contribution in [0, 0.1) is 0 Å². The van der Waals surface area contributed by atoms with Crippen molar-refractivity contribution in [2.45, 2.75) is 38.8 Å². The summed E-state index contributed by atoms with van der Waals surface area (Å²) in [6, 6.07) is -0.226. The second kappa shape index (κ2) is 9.55. The Balaban J connectivity index is 0.00000289. The second-order valence-electron chi connectivity index (χ2n) is 4.72. The molecule has 0 spiro atoms. The van der Waals surface area contributed by atoms with Crippen molar-refractivity contribution in [3.63, 3.8) is 0 Å². The van der Waals surface area contributed by atoms with Gasteiger partial charge in [0.2, 0.25) is 5.91 Å². The lowest BCUT2D eigenvalue weighted by Crippen LogP contribution is -2.50. The van der Waals surface area contributed by atoms with Crippen molar-refractivity contribution < 1.29 is 9.53 Å². The number of rotatable bonds is 6. The Morgan fingerprint density at radius 2 is 2.06 bits per heavy atom. The first-order valence-electron chi connectivity index (χ1n) is 6.49. The molecule has 1 amide bonds. The maximum Gasteiger partial charge on any atom is 0.237 e. The Labute approximate surface area is 116 Å². The average Bonchev–Trinajstić information content (AvgIpc) is 2.30. The lowest BCUT2D eigenvalue weighted by atomic mass is 10.1. The van der Waals surface area contributed by atoms with Crippen LogP contribution in [0.1, 0.15) is 26.7 Å². The zero-order valence-corrected chi connectivity index (χ0v) is 12.2. The predicted octanol–water partition coefficient (Wildman–Crippen LogP) is 0.373. The fourth-order valence-corrected chi connectivity index (χ4v) is 2.01. The highest BCUT2D eigenvalue weighted by atomic mass is 35.5. The van der Waals surface area contributed by atoms with Gasteiger partial charge >= 0.3 is 0 Å². The number of ether oxygens (including phenoxy) is 1. The number of hydrogen-bond donors (Lipinski definition) is 2. The number of nitrogens with one attached hydrogen (secondary N) is 1. The van der Waals surface area contributed by atoms with E-state index in [0.29, 0.717) is 0 Å². The highest BCUT2D eigenvalue weighted by molar-refractivity contribution is 5.85. The van der Waals surface area contributed by atoms with Crippen LogP contribution >= 0.6 is 12.4 Å².